The highest BCUT2D eigenvalue weighted by molar-refractivity contribution is 5.72. The van der Waals surface area contributed by atoms with Crippen molar-refractivity contribution in [1.29, 1.82) is 0 Å². The first-order valence-corrected chi connectivity index (χ1v) is 7.80. The Bertz CT molecular complexity index is 480. The van der Waals surface area contributed by atoms with Crippen LogP contribution in [0.1, 0.15) is 47.0 Å². The fourth-order valence-electron chi connectivity index (χ4n) is 3.43. The van der Waals surface area contributed by atoms with Gasteiger partial charge >= 0.3 is 5.97 Å². The molecular formula is C18H26O3. The SMILES string of the molecule is CC#CCC(C)(C)[C@H](O)C=C[C@@H]1[C@H]2CC(=O)O[C@H]2C[C@H]1C. The van der Waals surface area contributed by atoms with Gasteiger partial charge in [0.05, 0.1) is 12.5 Å². The van der Waals surface area contributed by atoms with E-state index in [4.69, 9.17) is 4.74 Å². The lowest BCUT2D eigenvalue weighted by molar-refractivity contribution is -0.141. The standard InChI is InChI=1S/C18H26O3/c1-5-6-9-18(3,4)16(19)8-7-13-12(2)10-15-14(13)11-17(20)21-15/h7-8,12-16,19H,9-11H2,1-4H3/t12-,13+,14-,15+,16-/m1/s1. The lowest BCUT2D eigenvalue weighted by Gasteiger charge is -2.27. The van der Waals surface area contributed by atoms with Crippen molar-refractivity contribution in [2.75, 3.05) is 0 Å². The highest BCUT2D eigenvalue weighted by atomic mass is 16.6. The van der Waals surface area contributed by atoms with Crippen LogP contribution in [0.2, 0.25) is 0 Å². The minimum Gasteiger partial charge on any atom is -0.462 e. The molecule has 2 rings (SSSR count). The predicted molar refractivity (Wildman–Crippen MR) is 82.3 cm³/mol. The predicted octanol–water partition coefficient (Wildman–Crippen LogP) is 2.93. The van der Waals surface area contributed by atoms with Crippen LogP contribution in [0, 0.1) is 35.0 Å². The molecule has 0 spiro atoms. The molecule has 0 amide bonds. The lowest BCUT2D eigenvalue weighted by atomic mass is 9.81. The van der Waals surface area contributed by atoms with Gasteiger partial charge in [-0.1, -0.05) is 32.9 Å². The van der Waals surface area contributed by atoms with Crippen LogP contribution in [0.25, 0.3) is 0 Å². The van der Waals surface area contributed by atoms with Crippen molar-refractivity contribution in [3.8, 4) is 11.8 Å². The summed E-state index contributed by atoms with van der Waals surface area (Å²) in [4.78, 5) is 11.4. The molecule has 0 unspecified atom stereocenters. The Labute approximate surface area is 127 Å². The van der Waals surface area contributed by atoms with Crippen molar-refractivity contribution >= 4 is 5.97 Å². The third-order valence-electron chi connectivity index (χ3n) is 4.96. The molecule has 1 saturated heterocycles. The Kier molecular flexibility index (Phi) is 4.78. The summed E-state index contributed by atoms with van der Waals surface area (Å²) >= 11 is 0. The number of aliphatic hydroxyl groups is 1. The van der Waals surface area contributed by atoms with Gasteiger partial charge in [0.1, 0.15) is 6.10 Å². The molecule has 21 heavy (non-hydrogen) atoms. The number of allylic oxidation sites excluding steroid dienone is 1. The number of aliphatic hydroxyl groups excluding tert-OH is 1. The number of hydrogen-bond acceptors (Lipinski definition) is 3. The number of carbonyl (C=O) groups is 1. The van der Waals surface area contributed by atoms with Crippen molar-refractivity contribution in [3.05, 3.63) is 12.2 Å². The summed E-state index contributed by atoms with van der Waals surface area (Å²) in [5, 5.41) is 10.4. The van der Waals surface area contributed by atoms with Gasteiger partial charge in [0.2, 0.25) is 0 Å². The first-order valence-electron chi connectivity index (χ1n) is 7.80. The van der Waals surface area contributed by atoms with Gasteiger partial charge in [0, 0.05) is 17.8 Å². The van der Waals surface area contributed by atoms with E-state index in [9.17, 15) is 9.90 Å². The van der Waals surface area contributed by atoms with Crippen LogP contribution in [0.5, 0.6) is 0 Å². The minimum atomic E-state index is -0.525. The van der Waals surface area contributed by atoms with Gasteiger partial charge in [-0.05, 0) is 25.2 Å². The average molecular weight is 290 g/mol. The molecule has 0 aromatic heterocycles. The van der Waals surface area contributed by atoms with Gasteiger partial charge in [-0.25, -0.2) is 0 Å². The van der Waals surface area contributed by atoms with Crippen molar-refractivity contribution in [3.63, 3.8) is 0 Å². The average Bonchev–Trinajstić information content (AvgIpc) is 2.89. The summed E-state index contributed by atoms with van der Waals surface area (Å²) in [5.41, 5.74) is -0.261. The fraction of sp³-hybridized carbons (Fsp3) is 0.722. The Morgan fingerprint density at radius 1 is 1.52 bits per heavy atom. The van der Waals surface area contributed by atoms with E-state index >= 15 is 0 Å². The number of carbonyl (C=O) groups excluding carboxylic acids is 1. The summed E-state index contributed by atoms with van der Waals surface area (Å²) in [7, 11) is 0. The molecule has 116 valence electrons. The molecule has 2 aliphatic rings. The maximum atomic E-state index is 11.4. The number of ether oxygens (including phenoxy) is 1. The first kappa shape index (κ1) is 16.1. The number of esters is 1. The van der Waals surface area contributed by atoms with E-state index in [1.807, 2.05) is 26.8 Å². The Morgan fingerprint density at radius 2 is 2.24 bits per heavy atom. The molecule has 0 aromatic carbocycles. The van der Waals surface area contributed by atoms with Crippen LogP contribution < -0.4 is 0 Å². The molecule has 3 heteroatoms. The maximum Gasteiger partial charge on any atom is 0.306 e. The number of hydrogen-bond donors (Lipinski definition) is 1. The molecule has 2 fully saturated rings. The largest absolute Gasteiger partial charge is 0.462 e. The fourth-order valence-corrected chi connectivity index (χ4v) is 3.43. The second-order valence-electron chi connectivity index (χ2n) is 7.11. The zero-order chi connectivity index (χ0) is 15.6. The molecule has 1 aliphatic carbocycles. The van der Waals surface area contributed by atoms with Gasteiger partial charge in [0.15, 0.2) is 0 Å². The van der Waals surface area contributed by atoms with Gasteiger partial charge in [-0.2, -0.15) is 0 Å². The zero-order valence-electron chi connectivity index (χ0n) is 13.4. The molecular weight excluding hydrogens is 264 g/mol. The summed E-state index contributed by atoms with van der Waals surface area (Å²) < 4.78 is 5.36. The van der Waals surface area contributed by atoms with Gasteiger partial charge in [0.25, 0.3) is 0 Å². The third kappa shape index (κ3) is 3.49. The third-order valence-corrected chi connectivity index (χ3v) is 4.96. The summed E-state index contributed by atoms with van der Waals surface area (Å²) in [5.74, 6) is 6.95. The van der Waals surface area contributed by atoms with Crippen LogP contribution in [-0.2, 0) is 9.53 Å². The molecule has 3 nitrogen and oxygen atoms in total. The van der Waals surface area contributed by atoms with Crippen LogP contribution >= 0.6 is 0 Å². The van der Waals surface area contributed by atoms with Crippen LogP contribution in [0.4, 0.5) is 0 Å². The zero-order valence-corrected chi connectivity index (χ0v) is 13.4. The molecule has 1 aliphatic heterocycles. The van der Waals surface area contributed by atoms with E-state index < -0.39 is 6.10 Å². The normalized spacial score (nSPS) is 33.5. The van der Waals surface area contributed by atoms with E-state index in [1.165, 1.54) is 0 Å². The molecule has 0 aromatic rings. The molecule has 1 N–H and O–H groups in total. The molecule has 1 heterocycles. The topological polar surface area (TPSA) is 46.5 Å². The number of fused-ring (bicyclic) bond motifs is 1. The summed E-state index contributed by atoms with van der Waals surface area (Å²) in [6, 6.07) is 0. The van der Waals surface area contributed by atoms with Crippen molar-refractivity contribution in [1.82, 2.24) is 0 Å². The quantitative estimate of drug-likeness (QED) is 0.492. The van der Waals surface area contributed by atoms with E-state index in [0.717, 1.165) is 6.42 Å². The minimum absolute atomic E-state index is 0.0746. The second kappa shape index (κ2) is 6.23. The lowest BCUT2D eigenvalue weighted by Crippen LogP contribution is -2.27. The van der Waals surface area contributed by atoms with Crippen LogP contribution in [0.3, 0.4) is 0 Å². The van der Waals surface area contributed by atoms with Crippen LogP contribution in [-0.4, -0.2) is 23.3 Å². The van der Waals surface area contributed by atoms with E-state index in [-0.39, 0.29) is 23.4 Å². The van der Waals surface area contributed by atoms with E-state index in [0.29, 0.717) is 24.7 Å². The van der Waals surface area contributed by atoms with Gasteiger partial charge in [-0.15, -0.1) is 11.8 Å². The molecule has 5 atom stereocenters. The second-order valence-corrected chi connectivity index (χ2v) is 7.11. The molecule has 1 saturated carbocycles. The van der Waals surface area contributed by atoms with Gasteiger partial charge in [-0.3, -0.25) is 4.79 Å². The maximum absolute atomic E-state index is 11.4. The summed E-state index contributed by atoms with van der Waals surface area (Å²) in [6.45, 7) is 8.06. The molecule has 0 bridgehead atoms. The van der Waals surface area contributed by atoms with E-state index in [1.54, 1.807) is 0 Å². The van der Waals surface area contributed by atoms with Gasteiger partial charge < -0.3 is 9.84 Å². The van der Waals surface area contributed by atoms with Crippen molar-refractivity contribution in [2.45, 2.75) is 59.2 Å². The monoisotopic (exact) mass is 290 g/mol. The van der Waals surface area contributed by atoms with Crippen molar-refractivity contribution in [2.24, 2.45) is 23.2 Å². The van der Waals surface area contributed by atoms with E-state index in [2.05, 4.69) is 24.8 Å². The molecule has 0 radical (unpaired) electrons. The Morgan fingerprint density at radius 3 is 2.90 bits per heavy atom. The Balaban J connectivity index is 2.02. The van der Waals surface area contributed by atoms with Crippen LogP contribution in [0.15, 0.2) is 12.2 Å². The van der Waals surface area contributed by atoms with Crippen molar-refractivity contribution < 1.29 is 14.6 Å². The smallest absolute Gasteiger partial charge is 0.306 e. The first-order chi connectivity index (χ1) is 9.85. The number of rotatable bonds is 4. The highest BCUT2D eigenvalue weighted by Crippen LogP contribution is 2.45. The highest BCUT2D eigenvalue weighted by Gasteiger charge is 2.47. The summed E-state index contributed by atoms with van der Waals surface area (Å²) in [6.07, 6.45) is 5.67. The Hall–Kier alpha value is -1.27.